The number of nitrogens with two attached hydrogens (primary N) is 1. The van der Waals surface area contributed by atoms with Gasteiger partial charge in [-0.2, -0.15) is 0 Å². The average molecular weight is 265 g/mol. The first-order valence-corrected chi connectivity index (χ1v) is 6.36. The lowest BCUT2D eigenvalue weighted by atomic mass is 9.99. The summed E-state index contributed by atoms with van der Waals surface area (Å²) in [7, 11) is 0. The molecule has 1 heterocycles. The molecule has 4 heteroatoms. The molecule has 1 aromatic heterocycles. The molecule has 96 valence electrons. The van der Waals surface area contributed by atoms with Gasteiger partial charge in [0.15, 0.2) is 11.6 Å². The molecule has 2 rings (SSSR count). The third kappa shape index (κ3) is 2.67. The molecule has 1 aromatic carbocycles. The normalized spacial score (nSPS) is 11.2. The first kappa shape index (κ1) is 13.0. The van der Waals surface area contributed by atoms with Gasteiger partial charge in [-0.15, -0.1) is 0 Å². The Hall–Kier alpha value is -1.48. The molecule has 0 unspecified atom stereocenters. The molecular weight excluding hydrogens is 248 g/mol. The molecule has 2 aromatic rings. The summed E-state index contributed by atoms with van der Waals surface area (Å²) >= 11 is 6.07. The number of aryl methyl sites for hydroxylation is 1. The van der Waals surface area contributed by atoms with Crippen molar-refractivity contribution in [1.82, 2.24) is 5.16 Å². The topological polar surface area (TPSA) is 52.0 Å². The molecule has 0 saturated heterocycles. The maximum absolute atomic E-state index is 6.07. The van der Waals surface area contributed by atoms with Crippen molar-refractivity contribution < 1.29 is 4.52 Å². The van der Waals surface area contributed by atoms with Crippen LogP contribution in [0.3, 0.4) is 0 Å². The number of halogens is 1. The van der Waals surface area contributed by atoms with Crippen molar-refractivity contribution in [3.8, 4) is 11.3 Å². The first-order valence-electron chi connectivity index (χ1n) is 5.99. The summed E-state index contributed by atoms with van der Waals surface area (Å²) in [5.74, 6) is 1.69. The van der Waals surface area contributed by atoms with Crippen LogP contribution in [-0.4, -0.2) is 5.16 Å². The van der Waals surface area contributed by atoms with Gasteiger partial charge in [-0.1, -0.05) is 30.6 Å². The average Bonchev–Trinajstić information content (AvgIpc) is 2.58. The second-order valence-electron chi connectivity index (χ2n) is 4.99. The van der Waals surface area contributed by atoms with E-state index in [0.29, 0.717) is 16.8 Å². The molecule has 0 aliphatic carbocycles. The van der Waals surface area contributed by atoms with E-state index in [1.165, 1.54) is 0 Å². The molecule has 0 spiro atoms. The molecule has 0 amide bonds. The second kappa shape index (κ2) is 5.02. The van der Waals surface area contributed by atoms with E-state index in [9.17, 15) is 0 Å². The van der Waals surface area contributed by atoms with E-state index in [1.807, 2.05) is 25.1 Å². The van der Waals surface area contributed by atoms with E-state index in [2.05, 4.69) is 19.0 Å². The number of aromatic nitrogens is 1. The monoisotopic (exact) mass is 264 g/mol. The summed E-state index contributed by atoms with van der Waals surface area (Å²) in [6, 6.07) is 5.81. The van der Waals surface area contributed by atoms with Crippen molar-refractivity contribution in [2.24, 2.45) is 5.92 Å². The van der Waals surface area contributed by atoms with E-state index in [0.717, 1.165) is 28.9 Å². The molecular formula is C14H17ClN2O. The Morgan fingerprint density at radius 3 is 2.67 bits per heavy atom. The number of hydrogen-bond acceptors (Lipinski definition) is 3. The smallest absolute Gasteiger partial charge is 0.172 e. The van der Waals surface area contributed by atoms with Gasteiger partial charge in [-0.05, 0) is 43.0 Å². The minimum absolute atomic E-state index is 0.469. The highest BCUT2D eigenvalue weighted by Crippen LogP contribution is 2.32. The predicted molar refractivity (Wildman–Crippen MR) is 74.6 cm³/mol. The number of anilines is 1. The van der Waals surface area contributed by atoms with Crippen molar-refractivity contribution in [3.05, 3.63) is 34.3 Å². The number of nitrogens with zero attached hydrogens (tertiary/aromatic N) is 1. The summed E-state index contributed by atoms with van der Waals surface area (Å²) in [6.45, 7) is 6.27. The Balaban J connectivity index is 2.50. The van der Waals surface area contributed by atoms with Crippen molar-refractivity contribution in [3.63, 3.8) is 0 Å². The lowest BCUT2D eigenvalue weighted by molar-refractivity contribution is 0.434. The molecule has 0 bridgehead atoms. The highest BCUT2D eigenvalue weighted by Gasteiger charge is 2.17. The Morgan fingerprint density at radius 2 is 2.06 bits per heavy atom. The Labute approximate surface area is 112 Å². The highest BCUT2D eigenvalue weighted by atomic mass is 35.5. The van der Waals surface area contributed by atoms with Crippen LogP contribution in [0, 0.1) is 12.8 Å². The number of nitrogen functional groups attached to an aromatic ring is 1. The van der Waals surface area contributed by atoms with Crippen LogP contribution in [0.1, 0.15) is 25.0 Å². The minimum Gasteiger partial charge on any atom is -0.381 e. The fourth-order valence-corrected chi connectivity index (χ4v) is 2.31. The van der Waals surface area contributed by atoms with E-state index >= 15 is 0 Å². The summed E-state index contributed by atoms with van der Waals surface area (Å²) in [4.78, 5) is 0. The number of benzene rings is 1. The minimum atomic E-state index is 0.469. The molecule has 0 aliphatic rings. The fourth-order valence-electron chi connectivity index (χ4n) is 2.02. The van der Waals surface area contributed by atoms with Gasteiger partial charge in [0.25, 0.3) is 0 Å². The van der Waals surface area contributed by atoms with Crippen LogP contribution in [0.4, 0.5) is 5.82 Å². The fraction of sp³-hybridized carbons (Fsp3) is 0.357. The van der Waals surface area contributed by atoms with Gasteiger partial charge in [0.1, 0.15) is 0 Å². The van der Waals surface area contributed by atoms with Gasteiger partial charge < -0.3 is 10.3 Å². The summed E-state index contributed by atoms with van der Waals surface area (Å²) < 4.78 is 5.36. The zero-order valence-corrected chi connectivity index (χ0v) is 11.6. The summed E-state index contributed by atoms with van der Waals surface area (Å²) in [5.41, 5.74) is 8.85. The Bertz CT molecular complexity index is 541. The number of hydrogen-bond donors (Lipinski definition) is 1. The van der Waals surface area contributed by atoms with E-state index in [4.69, 9.17) is 21.9 Å². The van der Waals surface area contributed by atoms with Crippen LogP contribution in [0.15, 0.2) is 22.7 Å². The molecule has 2 N–H and O–H groups in total. The van der Waals surface area contributed by atoms with Gasteiger partial charge in [-0.3, -0.25) is 0 Å². The Kier molecular flexibility index (Phi) is 3.62. The molecule has 0 radical (unpaired) electrons. The molecule has 0 aliphatic heterocycles. The first-order chi connectivity index (χ1) is 8.47. The highest BCUT2D eigenvalue weighted by molar-refractivity contribution is 6.30. The molecule has 0 atom stereocenters. The largest absolute Gasteiger partial charge is 0.381 e. The maximum atomic E-state index is 6.07. The zero-order valence-electron chi connectivity index (χ0n) is 10.8. The molecule has 0 fully saturated rings. The SMILES string of the molecule is Cc1cc(Cl)cc(-c2onc(N)c2CC(C)C)c1. The van der Waals surface area contributed by atoms with Crippen LogP contribution in [0.5, 0.6) is 0 Å². The van der Waals surface area contributed by atoms with Crippen LogP contribution in [0.25, 0.3) is 11.3 Å². The van der Waals surface area contributed by atoms with Crippen molar-refractivity contribution in [2.75, 3.05) is 5.73 Å². The van der Waals surface area contributed by atoms with E-state index < -0.39 is 0 Å². The van der Waals surface area contributed by atoms with Crippen molar-refractivity contribution >= 4 is 17.4 Å². The van der Waals surface area contributed by atoms with E-state index in [1.54, 1.807) is 0 Å². The molecule has 0 saturated carbocycles. The van der Waals surface area contributed by atoms with Crippen molar-refractivity contribution in [2.45, 2.75) is 27.2 Å². The lowest BCUT2D eigenvalue weighted by Crippen LogP contribution is -1.99. The maximum Gasteiger partial charge on any atom is 0.172 e. The third-order valence-corrected chi connectivity index (χ3v) is 2.95. The third-order valence-electron chi connectivity index (χ3n) is 2.74. The van der Waals surface area contributed by atoms with Crippen molar-refractivity contribution in [1.29, 1.82) is 0 Å². The van der Waals surface area contributed by atoms with Crippen LogP contribution in [-0.2, 0) is 6.42 Å². The Morgan fingerprint density at radius 1 is 1.33 bits per heavy atom. The van der Waals surface area contributed by atoms with Gasteiger partial charge in [0, 0.05) is 16.1 Å². The molecule has 3 nitrogen and oxygen atoms in total. The molecule has 18 heavy (non-hydrogen) atoms. The van der Waals surface area contributed by atoms with Gasteiger partial charge in [-0.25, -0.2) is 0 Å². The predicted octanol–water partition coefficient (Wildman–Crippen LogP) is 4.08. The van der Waals surface area contributed by atoms with Crippen LogP contribution in [0.2, 0.25) is 5.02 Å². The summed E-state index contributed by atoms with van der Waals surface area (Å²) in [6.07, 6.45) is 0.843. The van der Waals surface area contributed by atoms with Gasteiger partial charge in [0.05, 0.1) is 0 Å². The zero-order chi connectivity index (χ0) is 13.3. The summed E-state index contributed by atoms with van der Waals surface area (Å²) in [5, 5.41) is 4.56. The standard InChI is InChI=1S/C14H17ClN2O/c1-8(2)4-12-13(18-17-14(12)16)10-5-9(3)6-11(15)7-10/h5-8H,4H2,1-3H3,(H2,16,17). The second-order valence-corrected chi connectivity index (χ2v) is 5.43. The van der Waals surface area contributed by atoms with Crippen LogP contribution >= 0.6 is 11.6 Å². The number of rotatable bonds is 3. The van der Waals surface area contributed by atoms with Gasteiger partial charge >= 0.3 is 0 Å². The van der Waals surface area contributed by atoms with E-state index in [-0.39, 0.29) is 0 Å². The lowest BCUT2D eigenvalue weighted by Gasteiger charge is -2.06. The van der Waals surface area contributed by atoms with Gasteiger partial charge in [0.2, 0.25) is 0 Å². The van der Waals surface area contributed by atoms with Crippen LogP contribution < -0.4 is 5.73 Å². The quantitative estimate of drug-likeness (QED) is 0.909.